The van der Waals surface area contributed by atoms with Gasteiger partial charge in [0.05, 0.1) is 18.6 Å². The van der Waals surface area contributed by atoms with E-state index in [1.807, 2.05) is 66.7 Å². The van der Waals surface area contributed by atoms with Crippen molar-refractivity contribution < 1.29 is 14.3 Å². The molecule has 0 fully saturated rings. The third-order valence-electron chi connectivity index (χ3n) is 4.65. The van der Waals surface area contributed by atoms with E-state index in [1.165, 1.54) is 0 Å². The maximum Gasteiger partial charge on any atom is 0.178 e. The van der Waals surface area contributed by atoms with Crippen LogP contribution in [0.25, 0.3) is 0 Å². The Hall–Kier alpha value is -2.34. The number of ketones is 1. The Morgan fingerprint density at radius 3 is 2.35 bits per heavy atom. The average Bonchev–Trinajstić information content (AvgIpc) is 2.69. The van der Waals surface area contributed by atoms with Gasteiger partial charge in [0, 0.05) is 3.57 Å². The number of Topliss-reactive ketones (excluding diaryl/α,β-unsaturated/α-hetero) is 1. The van der Waals surface area contributed by atoms with E-state index in [0.29, 0.717) is 17.1 Å². The first-order valence-corrected chi connectivity index (χ1v) is 9.44. The minimum atomic E-state index is -0.393. The van der Waals surface area contributed by atoms with Crippen LogP contribution in [0.4, 0.5) is 0 Å². The highest BCUT2D eigenvalue weighted by atomic mass is 127. The predicted octanol–water partition coefficient (Wildman–Crippen LogP) is 5.40. The number of benzene rings is 3. The van der Waals surface area contributed by atoms with Gasteiger partial charge in [-0.25, -0.2) is 0 Å². The smallest absolute Gasteiger partial charge is 0.178 e. The zero-order valence-corrected chi connectivity index (χ0v) is 16.3. The molecule has 0 radical (unpaired) electrons. The number of fused-ring (bicyclic) bond motifs is 1. The molecule has 4 rings (SSSR count). The third kappa shape index (κ3) is 3.09. The molecule has 3 aromatic carbocycles. The summed E-state index contributed by atoms with van der Waals surface area (Å²) in [7, 11) is 1.60. The van der Waals surface area contributed by atoms with E-state index in [4.69, 9.17) is 9.47 Å². The first kappa shape index (κ1) is 17.1. The predicted molar refractivity (Wildman–Crippen MR) is 109 cm³/mol. The zero-order valence-electron chi connectivity index (χ0n) is 14.2. The number of methoxy groups -OCH3 is 1. The first-order chi connectivity index (χ1) is 12.7. The maximum absolute atomic E-state index is 13.4. The summed E-state index contributed by atoms with van der Waals surface area (Å²) >= 11 is 2.27. The van der Waals surface area contributed by atoms with E-state index < -0.39 is 5.92 Å². The van der Waals surface area contributed by atoms with Crippen molar-refractivity contribution in [2.45, 2.75) is 12.0 Å². The van der Waals surface area contributed by atoms with Gasteiger partial charge in [-0.1, -0.05) is 42.5 Å². The van der Waals surface area contributed by atoms with Crippen molar-refractivity contribution in [2.24, 2.45) is 0 Å². The van der Waals surface area contributed by atoms with E-state index in [-0.39, 0.29) is 11.9 Å². The van der Waals surface area contributed by atoms with Crippen molar-refractivity contribution in [3.63, 3.8) is 0 Å². The molecule has 0 saturated carbocycles. The lowest BCUT2D eigenvalue weighted by Crippen LogP contribution is -2.30. The lowest BCUT2D eigenvalue weighted by Gasteiger charge is -2.33. The van der Waals surface area contributed by atoms with Gasteiger partial charge in [-0.15, -0.1) is 0 Å². The Morgan fingerprint density at radius 1 is 0.923 bits per heavy atom. The van der Waals surface area contributed by atoms with Gasteiger partial charge in [0.15, 0.2) is 5.78 Å². The number of ether oxygens (including phenoxy) is 2. The molecule has 0 aliphatic carbocycles. The van der Waals surface area contributed by atoms with Crippen LogP contribution in [0.2, 0.25) is 0 Å². The molecule has 1 aliphatic rings. The van der Waals surface area contributed by atoms with Crippen LogP contribution in [-0.4, -0.2) is 12.9 Å². The molecular formula is C22H17IO3. The number of halogens is 1. The van der Waals surface area contributed by atoms with Gasteiger partial charge in [-0.3, -0.25) is 4.79 Å². The summed E-state index contributed by atoms with van der Waals surface area (Å²) in [6.45, 7) is 0. The van der Waals surface area contributed by atoms with Crippen LogP contribution in [0.5, 0.6) is 11.5 Å². The van der Waals surface area contributed by atoms with Crippen molar-refractivity contribution in [2.75, 3.05) is 7.11 Å². The van der Waals surface area contributed by atoms with Crippen LogP contribution < -0.4 is 9.47 Å². The minimum absolute atomic E-state index is 0.0555. The van der Waals surface area contributed by atoms with E-state index in [2.05, 4.69) is 22.6 Å². The highest BCUT2D eigenvalue weighted by Crippen LogP contribution is 2.44. The molecule has 3 aromatic rings. The molecule has 4 heteroatoms. The van der Waals surface area contributed by atoms with Crippen molar-refractivity contribution in [3.05, 3.63) is 93.1 Å². The van der Waals surface area contributed by atoms with Crippen LogP contribution in [0, 0.1) is 3.57 Å². The summed E-state index contributed by atoms with van der Waals surface area (Å²) < 4.78 is 12.7. The average molecular weight is 456 g/mol. The lowest BCUT2D eigenvalue weighted by atomic mass is 9.81. The molecule has 0 saturated heterocycles. The second-order valence-electron chi connectivity index (χ2n) is 6.20. The standard InChI is InChI=1S/C22H17IO3/c1-25-17-11-12-19-18(13-17)21(24)20(14-5-3-2-4-6-14)22(26-19)15-7-9-16(23)10-8-15/h2-13,20,22H,1H3. The Morgan fingerprint density at radius 2 is 1.65 bits per heavy atom. The molecule has 3 nitrogen and oxygen atoms in total. The molecule has 130 valence electrons. The van der Waals surface area contributed by atoms with Gasteiger partial charge in [0.25, 0.3) is 0 Å². The van der Waals surface area contributed by atoms with Gasteiger partial charge < -0.3 is 9.47 Å². The van der Waals surface area contributed by atoms with Crippen LogP contribution in [-0.2, 0) is 0 Å². The molecule has 2 atom stereocenters. The van der Waals surface area contributed by atoms with Gasteiger partial charge in [-0.2, -0.15) is 0 Å². The molecule has 0 spiro atoms. The second kappa shape index (κ2) is 7.11. The topological polar surface area (TPSA) is 35.5 Å². The quantitative estimate of drug-likeness (QED) is 0.496. The SMILES string of the molecule is COc1ccc2c(c1)C(=O)C(c1ccccc1)C(c1ccc(I)cc1)O2. The normalized spacial score (nSPS) is 18.8. The number of hydrogen-bond donors (Lipinski definition) is 0. The summed E-state index contributed by atoms with van der Waals surface area (Å²) in [5.41, 5.74) is 2.52. The van der Waals surface area contributed by atoms with Gasteiger partial charge >= 0.3 is 0 Å². The summed E-state index contributed by atoms with van der Waals surface area (Å²) in [6, 6.07) is 23.4. The summed E-state index contributed by atoms with van der Waals surface area (Å²) in [5.74, 6) is 0.919. The largest absolute Gasteiger partial charge is 0.497 e. The molecule has 0 aromatic heterocycles. The maximum atomic E-state index is 13.4. The van der Waals surface area contributed by atoms with Crippen LogP contribution in [0.1, 0.15) is 33.5 Å². The molecule has 0 bridgehead atoms. The Labute approximate surface area is 166 Å². The van der Waals surface area contributed by atoms with E-state index >= 15 is 0 Å². The number of carbonyl (C=O) groups is 1. The summed E-state index contributed by atoms with van der Waals surface area (Å²) in [4.78, 5) is 13.4. The molecule has 0 amide bonds. The van der Waals surface area contributed by atoms with E-state index in [0.717, 1.165) is 14.7 Å². The second-order valence-corrected chi connectivity index (χ2v) is 7.45. The monoisotopic (exact) mass is 456 g/mol. The molecule has 0 N–H and O–H groups in total. The van der Waals surface area contributed by atoms with Gasteiger partial charge in [-0.05, 0) is 64.0 Å². The fourth-order valence-electron chi connectivity index (χ4n) is 3.34. The summed E-state index contributed by atoms with van der Waals surface area (Å²) in [6.07, 6.45) is -0.359. The van der Waals surface area contributed by atoms with Crippen LogP contribution in [0.3, 0.4) is 0 Å². The molecule has 26 heavy (non-hydrogen) atoms. The molecular weight excluding hydrogens is 439 g/mol. The van der Waals surface area contributed by atoms with Crippen LogP contribution in [0.15, 0.2) is 72.8 Å². The fourth-order valence-corrected chi connectivity index (χ4v) is 3.70. The van der Waals surface area contributed by atoms with Gasteiger partial charge in [0.1, 0.15) is 17.6 Å². The third-order valence-corrected chi connectivity index (χ3v) is 5.37. The zero-order chi connectivity index (χ0) is 18.1. The van der Waals surface area contributed by atoms with Crippen molar-refractivity contribution in [1.82, 2.24) is 0 Å². The molecule has 1 heterocycles. The highest BCUT2D eigenvalue weighted by Gasteiger charge is 2.39. The Balaban J connectivity index is 1.85. The van der Waals surface area contributed by atoms with Crippen molar-refractivity contribution >= 4 is 28.4 Å². The molecule has 1 aliphatic heterocycles. The van der Waals surface area contributed by atoms with E-state index in [9.17, 15) is 4.79 Å². The molecule has 2 unspecified atom stereocenters. The Kier molecular flexibility index (Phi) is 4.68. The Bertz CT molecular complexity index is 935. The summed E-state index contributed by atoms with van der Waals surface area (Å²) in [5, 5.41) is 0. The number of rotatable bonds is 3. The lowest BCUT2D eigenvalue weighted by molar-refractivity contribution is 0.0781. The first-order valence-electron chi connectivity index (χ1n) is 8.36. The van der Waals surface area contributed by atoms with E-state index in [1.54, 1.807) is 13.2 Å². The van der Waals surface area contributed by atoms with Crippen LogP contribution >= 0.6 is 22.6 Å². The minimum Gasteiger partial charge on any atom is -0.497 e. The van der Waals surface area contributed by atoms with Gasteiger partial charge in [0.2, 0.25) is 0 Å². The van der Waals surface area contributed by atoms with Crippen molar-refractivity contribution in [3.8, 4) is 11.5 Å². The number of carbonyl (C=O) groups excluding carboxylic acids is 1. The fraction of sp³-hybridized carbons (Fsp3) is 0.136. The van der Waals surface area contributed by atoms with Crippen molar-refractivity contribution in [1.29, 1.82) is 0 Å². The number of hydrogen-bond acceptors (Lipinski definition) is 3. The highest BCUT2D eigenvalue weighted by molar-refractivity contribution is 14.1.